The lowest BCUT2D eigenvalue weighted by molar-refractivity contribution is 0.120. The van der Waals surface area contributed by atoms with Gasteiger partial charge in [0.15, 0.2) is 0 Å². The standard InChI is InChI=1S/C18H21FN6/c19-15-4-3-6-17(10-15)25-9-7-16(22-25)11-23-8-2-1-5-18(23)12-24-14-20-13-21-24/h3-4,6-7,9-10,13-14,18H,1-2,5,8,11-12H2/t18-/m0/s1. The van der Waals surface area contributed by atoms with Crippen LogP contribution in [0.5, 0.6) is 0 Å². The lowest BCUT2D eigenvalue weighted by atomic mass is 10.0. The lowest BCUT2D eigenvalue weighted by Gasteiger charge is -2.35. The highest BCUT2D eigenvalue weighted by Crippen LogP contribution is 2.21. The number of halogens is 1. The number of hydrogen-bond donors (Lipinski definition) is 0. The normalized spacial score (nSPS) is 18.5. The molecular weight excluding hydrogens is 319 g/mol. The van der Waals surface area contributed by atoms with Crippen molar-refractivity contribution in [1.29, 1.82) is 0 Å². The largest absolute Gasteiger partial charge is 0.293 e. The number of hydrogen-bond acceptors (Lipinski definition) is 4. The first-order chi connectivity index (χ1) is 12.3. The minimum absolute atomic E-state index is 0.251. The predicted molar refractivity (Wildman–Crippen MR) is 91.6 cm³/mol. The maximum absolute atomic E-state index is 13.4. The van der Waals surface area contributed by atoms with E-state index in [1.165, 1.54) is 25.0 Å². The Hall–Kier alpha value is -2.54. The van der Waals surface area contributed by atoms with Crippen LogP contribution in [0.15, 0.2) is 49.2 Å². The second kappa shape index (κ2) is 7.14. The van der Waals surface area contributed by atoms with Crippen LogP contribution in [-0.4, -0.2) is 42.0 Å². The number of nitrogens with zero attached hydrogens (tertiary/aromatic N) is 6. The zero-order chi connectivity index (χ0) is 17.1. The molecule has 0 aliphatic carbocycles. The minimum atomic E-state index is -0.251. The Morgan fingerprint density at radius 3 is 3.00 bits per heavy atom. The third-order valence-corrected chi connectivity index (χ3v) is 4.70. The summed E-state index contributed by atoms with van der Waals surface area (Å²) in [6.45, 7) is 2.71. The number of rotatable bonds is 5. The maximum atomic E-state index is 13.4. The number of likely N-dealkylation sites (tertiary alicyclic amines) is 1. The Bertz CT molecular complexity index is 813. The van der Waals surface area contributed by atoms with Gasteiger partial charge in [0.05, 0.1) is 17.9 Å². The Morgan fingerprint density at radius 1 is 1.20 bits per heavy atom. The summed E-state index contributed by atoms with van der Waals surface area (Å²) in [5, 5.41) is 8.85. The fourth-order valence-corrected chi connectivity index (χ4v) is 3.43. The molecule has 6 nitrogen and oxygen atoms in total. The number of piperidine rings is 1. The van der Waals surface area contributed by atoms with E-state index in [2.05, 4.69) is 20.1 Å². The van der Waals surface area contributed by atoms with Gasteiger partial charge in [-0.15, -0.1) is 0 Å². The molecule has 1 fully saturated rings. The third kappa shape index (κ3) is 3.76. The zero-order valence-electron chi connectivity index (χ0n) is 14.0. The molecule has 0 saturated carbocycles. The van der Waals surface area contributed by atoms with E-state index in [4.69, 9.17) is 0 Å². The topological polar surface area (TPSA) is 51.8 Å². The van der Waals surface area contributed by atoms with E-state index >= 15 is 0 Å². The molecule has 7 heteroatoms. The second-order valence-electron chi connectivity index (χ2n) is 6.47. The van der Waals surface area contributed by atoms with Gasteiger partial charge in [-0.25, -0.2) is 14.1 Å². The molecule has 2 aromatic heterocycles. The van der Waals surface area contributed by atoms with Crippen molar-refractivity contribution in [2.45, 2.75) is 38.4 Å². The van der Waals surface area contributed by atoms with Crippen LogP contribution < -0.4 is 0 Å². The quantitative estimate of drug-likeness (QED) is 0.716. The van der Waals surface area contributed by atoms with Crippen molar-refractivity contribution in [1.82, 2.24) is 29.4 Å². The molecule has 1 aliphatic rings. The van der Waals surface area contributed by atoms with Crippen LogP contribution in [0.2, 0.25) is 0 Å². The molecule has 0 amide bonds. The van der Waals surface area contributed by atoms with Crippen LogP contribution in [0.25, 0.3) is 5.69 Å². The van der Waals surface area contributed by atoms with E-state index in [0.29, 0.717) is 6.04 Å². The molecule has 1 aromatic carbocycles. The van der Waals surface area contributed by atoms with E-state index in [0.717, 1.165) is 37.4 Å². The first kappa shape index (κ1) is 16.0. The van der Waals surface area contributed by atoms with Crippen molar-refractivity contribution >= 4 is 0 Å². The van der Waals surface area contributed by atoms with Gasteiger partial charge in [-0.1, -0.05) is 12.5 Å². The van der Waals surface area contributed by atoms with Gasteiger partial charge in [-0.3, -0.25) is 9.58 Å². The number of benzene rings is 1. The fourth-order valence-electron chi connectivity index (χ4n) is 3.43. The van der Waals surface area contributed by atoms with Gasteiger partial charge in [0.25, 0.3) is 0 Å². The van der Waals surface area contributed by atoms with Crippen molar-refractivity contribution in [3.63, 3.8) is 0 Å². The molecule has 3 aromatic rings. The van der Waals surface area contributed by atoms with Crippen LogP contribution in [0.4, 0.5) is 4.39 Å². The summed E-state index contributed by atoms with van der Waals surface area (Å²) in [4.78, 5) is 6.49. The monoisotopic (exact) mass is 340 g/mol. The summed E-state index contributed by atoms with van der Waals surface area (Å²) in [6.07, 6.45) is 8.84. The molecule has 0 spiro atoms. The van der Waals surface area contributed by atoms with Crippen molar-refractivity contribution in [3.8, 4) is 5.69 Å². The van der Waals surface area contributed by atoms with Crippen LogP contribution in [0.3, 0.4) is 0 Å². The summed E-state index contributed by atoms with van der Waals surface area (Å²) in [5.41, 5.74) is 1.74. The van der Waals surface area contributed by atoms with Gasteiger partial charge in [-0.2, -0.15) is 10.2 Å². The van der Waals surface area contributed by atoms with Crippen molar-refractivity contribution in [3.05, 3.63) is 60.7 Å². The first-order valence-electron chi connectivity index (χ1n) is 8.65. The Morgan fingerprint density at radius 2 is 2.16 bits per heavy atom. The van der Waals surface area contributed by atoms with Gasteiger partial charge in [-0.05, 0) is 43.7 Å². The molecule has 1 aliphatic heterocycles. The van der Waals surface area contributed by atoms with E-state index in [1.807, 2.05) is 23.0 Å². The van der Waals surface area contributed by atoms with E-state index < -0.39 is 0 Å². The van der Waals surface area contributed by atoms with Gasteiger partial charge in [0.1, 0.15) is 18.5 Å². The molecule has 1 atom stereocenters. The van der Waals surface area contributed by atoms with Gasteiger partial charge in [0.2, 0.25) is 0 Å². The Labute approximate surface area is 145 Å². The first-order valence-corrected chi connectivity index (χ1v) is 8.65. The van der Waals surface area contributed by atoms with E-state index in [9.17, 15) is 4.39 Å². The molecule has 0 unspecified atom stereocenters. The maximum Gasteiger partial charge on any atom is 0.137 e. The smallest absolute Gasteiger partial charge is 0.137 e. The molecular formula is C18H21FN6. The summed E-state index contributed by atoms with van der Waals surface area (Å²) < 4.78 is 17.0. The van der Waals surface area contributed by atoms with Gasteiger partial charge in [0, 0.05) is 18.8 Å². The highest BCUT2D eigenvalue weighted by Gasteiger charge is 2.23. The average Bonchev–Trinajstić information content (AvgIpc) is 3.29. The van der Waals surface area contributed by atoms with E-state index in [1.54, 1.807) is 23.4 Å². The second-order valence-corrected chi connectivity index (χ2v) is 6.47. The summed E-state index contributed by atoms with van der Waals surface area (Å²) in [6, 6.07) is 8.93. The van der Waals surface area contributed by atoms with Crippen molar-refractivity contribution < 1.29 is 4.39 Å². The van der Waals surface area contributed by atoms with Gasteiger partial charge >= 0.3 is 0 Å². The molecule has 1 saturated heterocycles. The Kier molecular flexibility index (Phi) is 4.56. The highest BCUT2D eigenvalue weighted by atomic mass is 19.1. The SMILES string of the molecule is Fc1cccc(-n2ccc(CN3CCCC[C@H]3Cn3cncn3)n2)c1. The van der Waals surface area contributed by atoms with E-state index in [-0.39, 0.29) is 5.82 Å². The van der Waals surface area contributed by atoms with Crippen LogP contribution in [0, 0.1) is 5.82 Å². The lowest BCUT2D eigenvalue weighted by Crippen LogP contribution is -2.41. The molecule has 0 N–H and O–H groups in total. The summed E-state index contributed by atoms with van der Waals surface area (Å²) >= 11 is 0. The van der Waals surface area contributed by atoms with Crippen molar-refractivity contribution in [2.75, 3.05) is 6.54 Å². The summed E-state index contributed by atoms with van der Waals surface area (Å²) in [5.74, 6) is -0.251. The zero-order valence-corrected chi connectivity index (χ0v) is 14.0. The Balaban J connectivity index is 1.47. The predicted octanol–water partition coefficient (Wildman–Crippen LogP) is 2.66. The number of aromatic nitrogens is 5. The third-order valence-electron chi connectivity index (χ3n) is 4.70. The van der Waals surface area contributed by atoms with Crippen molar-refractivity contribution in [2.24, 2.45) is 0 Å². The van der Waals surface area contributed by atoms with Gasteiger partial charge < -0.3 is 0 Å². The summed E-state index contributed by atoms with van der Waals surface area (Å²) in [7, 11) is 0. The molecule has 130 valence electrons. The molecule has 0 radical (unpaired) electrons. The van der Waals surface area contributed by atoms with Crippen LogP contribution >= 0.6 is 0 Å². The molecule has 25 heavy (non-hydrogen) atoms. The molecule has 4 rings (SSSR count). The fraction of sp³-hybridized carbons (Fsp3) is 0.389. The molecule has 0 bridgehead atoms. The van der Waals surface area contributed by atoms with Crippen LogP contribution in [0.1, 0.15) is 25.0 Å². The average molecular weight is 340 g/mol. The molecule has 3 heterocycles. The minimum Gasteiger partial charge on any atom is -0.293 e. The van der Waals surface area contributed by atoms with Crippen LogP contribution in [-0.2, 0) is 13.1 Å². The highest BCUT2D eigenvalue weighted by molar-refractivity contribution is 5.31.